The Labute approximate surface area is 232 Å². The summed E-state index contributed by atoms with van der Waals surface area (Å²) in [7, 11) is 1.62. The quantitative estimate of drug-likeness (QED) is 0.457. The number of nitrogens with zero attached hydrogens (tertiary/aromatic N) is 2. The van der Waals surface area contributed by atoms with Crippen molar-refractivity contribution >= 4 is 17.7 Å². The number of amides is 3. The van der Waals surface area contributed by atoms with E-state index >= 15 is 0 Å². The molecule has 2 N–H and O–H groups in total. The molecule has 0 aromatic heterocycles. The summed E-state index contributed by atoms with van der Waals surface area (Å²) in [4.78, 5) is 44.7. The molecular formula is C31H42N4O4. The molecule has 2 aromatic carbocycles. The lowest BCUT2D eigenvalue weighted by molar-refractivity contribution is -0.128. The number of nitrogens with one attached hydrogen (secondary N) is 2. The van der Waals surface area contributed by atoms with Gasteiger partial charge in [-0.3, -0.25) is 14.4 Å². The van der Waals surface area contributed by atoms with Gasteiger partial charge in [0, 0.05) is 24.7 Å². The second-order valence-corrected chi connectivity index (χ2v) is 10.4. The Morgan fingerprint density at radius 1 is 0.974 bits per heavy atom. The zero-order valence-electron chi connectivity index (χ0n) is 23.4. The Balaban J connectivity index is 1.62. The Morgan fingerprint density at radius 2 is 1.67 bits per heavy atom. The van der Waals surface area contributed by atoms with Crippen LogP contribution in [-0.4, -0.2) is 73.4 Å². The highest BCUT2D eigenvalue weighted by atomic mass is 16.5. The normalized spacial score (nSPS) is 19.5. The van der Waals surface area contributed by atoms with Crippen LogP contribution in [0.2, 0.25) is 0 Å². The standard InChI is InChI=1S/C31H42N4O4/c1-4-34(5-2)20-19-32-27(36)21-33-30(37)28-25-13-9-10-14-26(25)31(38)35(23-11-7-6-8-12-23)29(28)22-15-17-24(39-3)18-16-22/h9-10,13-18,23,28-29H,4-8,11-12,19-21H2,1-3H3,(H,32,36)(H,33,37)/t28-,29-/m0/s1. The summed E-state index contributed by atoms with van der Waals surface area (Å²) in [6, 6.07) is 14.6. The van der Waals surface area contributed by atoms with Gasteiger partial charge in [0.1, 0.15) is 5.75 Å². The van der Waals surface area contributed by atoms with Gasteiger partial charge in [0.25, 0.3) is 5.91 Å². The Hall–Kier alpha value is -3.39. The molecule has 8 nitrogen and oxygen atoms in total. The van der Waals surface area contributed by atoms with Crippen molar-refractivity contribution in [3.05, 3.63) is 65.2 Å². The number of ether oxygens (including phenoxy) is 1. The Kier molecular flexibility index (Phi) is 9.98. The fraction of sp³-hybridized carbons (Fsp3) is 0.516. The molecule has 39 heavy (non-hydrogen) atoms. The van der Waals surface area contributed by atoms with Gasteiger partial charge in [0.05, 0.1) is 25.6 Å². The van der Waals surface area contributed by atoms with Gasteiger partial charge in [-0.2, -0.15) is 0 Å². The topological polar surface area (TPSA) is 91.0 Å². The fourth-order valence-corrected chi connectivity index (χ4v) is 5.98. The average Bonchev–Trinajstić information content (AvgIpc) is 2.98. The molecule has 8 heteroatoms. The van der Waals surface area contributed by atoms with Crippen molar-refractivity contribution in [2.45, 2.75) is 64.0 Å². The van der Waals surface area contributed by atoms with Crippen LogP contribution >= 0.6 is 0 Å². The zero-order chi connectivity index (χ0) is 27.8. The predicted octanol–water partition coefficient (Wildman–Crippen LogP) is 3.88. The van der Waals surface area contributed by atoms with Crippen LogP contribution in [0, 0.1) is 0 Å². The van der Waals surface area contributed by atoms with Crippen molar-refractivity contribution in [1.82, 2.24) is 20.4 Å². The SMILES string of the molecule is CCN(CC)CCNC(=O)CNC(=O)[C@H]1c2ccccc2C(=O)N(C2CCCCC2)[C@H]1c1ccc(OC)cc1. The highest BCUT2D eigenvalue weighted by molar-refractivity contribution is 6.02. The molecule has 2 atom stereocenters. The van der Waals surface area contributed by atoms with Crippen LogP contribution in [-0.2, 0) is 9.59 Å². The van der Waals surface area contributed by atoms with Gasteiger partial charge < -0.3 is 25.2 Å². The molecule has 2 aliphatic rings. The van der Waals surface area contributed by atoms with E-state index in [2.05, 4.69) is 29.4 Å². The van der Waals surface area contributed by atoms with Gasteiger partial charge in [-0.25, -0.2) is 0 Å². The van der Waals surface area contributed by atoms with E-state index < -0.39 is 12.0 Å². The van der Waals surface area contributed by atoms with Crippen molar-refractivity contribution in [2.24, 2.45) is 0 Å². The van der Waals surface area contributed by atoms with Crippen molar-refractivity contribution in [1.29, 1.82) is 0 Å². The molecule has 0 bridgehead atoms. The summed E-state index contributed by atoms with van der Waals surface area (Å²) in [6.07, 6.45) is 5.13. The molecule has 1 aliphatic heterocycles. The van der Waals surface area contributed by atoms with E-state index in [4.69, 9.17) is 4.74 Å². The number of methoxy groups -OCH3 is 1. The third-order valence-electron chi connectivity index (χ3n) is 8.15. The molecule has 0 spiro atoms. The molecule has 4 rings (SSSR count). The van der Waals surface area contributed by atoms with Crippen molar-refractivity contribution in [3.63, 3.8) is 0 Å². The minimum absolute atomic E-state index is 0.0310. The van der Waals surface area contributed by atoms with Gasteiger partial charge in [0.2, 0.25) is 11.8 Å². The van der Waals surface area contributed by atoms with E-state index in [9.17, 15) is 14.4 Å². The second-order valence-electron chi connectivity index (χ2n) is 10.4. The van der Waals surface area contributed by atoms with Crippen LogP contribution in [0.15, 0.2) is 48.5 Å². The molecule has 3 amide bonds. The molecule has 1 heterocycles. The second kappa shape index (κ2) is 13.6. The molecule has 1 saturated carbocycles. The number of hydrogen-bond acceptors (Lipinski definition) is 5. The van der Waals surface area contributed by atoms with E-state index in [1.54, 1.807) is 7.11 Å². The van der Waals surface area contributed by atoms with Crippen LogP contribution in [0.4, 0.5) is 0 Å². The Morgan fingerprint density at radius 3 is 2.33 bits per heavy atom. The average molecular weight is 535 g/mol. The van der Waals surface area contributed by atoms with E-state index in [0.29, 0.717) is 23.4 Å². The maximum atomic E-state index is 14.0. The van der Waals surface area contributed by atoms with E-state index in [-0.39, 0.29) is 30.3 Å². The first-order valence-corrected chi connectivity index (χ1v) is 14.3. The van der Waals surface area contributed by atoms with Crippen LogP contribution in [0.25, 0.3) is 0 Å². The number of fused-ring (bicyclic) bond motifs is 1. The zero-order valence-corrected chi connectivity index (χ0v) is 23.4. The largest absolute Gasteiger partial charge is 0.497 e. The lowest BCUT2D eigenvalue weighted by Crippen LogP contribution is -2.52. The molecular weight excluding hydrogens is 492 g/mol. The first-order chi connectivity index (χ1) is 19.0. The number of benzene rings is 2. The van der Waals surface area contributed by atoms with E-state index in [1.165, 1.54) is 0 Å². The Bertz CT molecular complexity index is 1130. The number of carbonyl (C=O) groups excluding carboxylic acids is 3. The summed E-state index contributed by atoms with van der Waals surface area (Å²) in [5.74, 6) is -0.432. The van der Waals surface area contributed by atoms with Gasteiger partial charge in [-0.15, -0.1) is 0 Å². The van der Waals surface area contributed by atoms with Gasteiger partial charge in [-0.05, 0) is 55.3 Å². The minimum atomic E-state index is -0.641. The van der Waals surface area contributed by atoms with Crippen molar-refractivity contribution in [2.75, 3.05) is 39.8 Å². The summed E-state index contributed by atoms with van der Waals surface area (Å²) < 4.78 is 5.37. The predicted molar refractivity (Wildman–Crippen MR) is 152 cm³/mol. The molecule has 1 aliphatic carbocycles. The van der Waals surface area contributed by atoms with Crippen LogP contribution < -0.4 is 15.4 Å². The van der Waals surface area contributed by atoms with E-state index in [0.717, 1.165) is 57.3 Å². The van der Waals surface area contributed by atoms with Gasteiger partial charge >= 0.3 is 0 Å². The molecule has 2 aromatic rings. The molecule has 210 valence electrons. The van der Waals surface area contributed by atoms with Crippen molar-refractivity contribution < 1.29 is 19.1 Å². The summed E-state index contributed by atoms with van der Waals surface area (Å²) in [6.45, 7) is 7.22. The molecule has 1 fully saturated rings. The van der Waals surface area contributed by atoms with Crippen LogP contribution in [0.5, 0.6) is 5.75 Å². The molecule has 0 unspecified atom stereocenters. The monoisotopic (exact) mass is 534 g/mol. The fourth-order valence-electron chi connectivity index (χ4n) is 5.98. The third kappa shape index (κ3) is 6.61. The molecule has 0 radical (unpaired) electrons. The number of rotatable bonds is 11. The summed E-state index contributed by atoms with van der Waals surface area (Å²) in [5.41, 5.74) is 2.15. The smallest absolute Gasteiger partial charge is 0.254 e. The molecule has 0 saturated heterocycles. The van der Waals surface area contributed by atoms with Gasteiger partial charge in [0.15, 0.2) is 0 Å². The van der Waals surface area contributed by atoms with Crippen LogP contribution in [0.3, 0.4) is 0 Å². The lowest BCUT2D eigenvalue weighted by atomic mass is 9.77. The maximum absolute atomic E-state index is 14.0. The first kappa shape index (κ1) is 28.6. The lowest BCUT2D eigenvalue weighted by Gasteiger charge is -2.46. The number of likely N-dealkylation sites (N-methyl/N-ethyl adjacent to an activating group) is 1. The number of carbonyl (C=O) groups is 3. The van der Waals surface area contributed by atoms with Gasteiger partial charge in [-0.1, -0.05) is 63.4 Å². The maximum Gasteiger partial charge on any atom is 0.254 e. The van der Waals surface area contributed by atoms with E-state index in [1.807, 2.05) is 53.4 Å². The highest BCUT2D eigenvalue weighted by Gasteiger charge is 2.46. The summed E-state index contributed by atoms with van der Waals surface area (Å²) >= 11 is 0. The summed E-state index contributed by atoms with van der Waals surface area (Å²) in [5, 5.41) is 5.80. The first-order valence-electron chi connectivity index (χ1n) is 14.3. The highest BCUT2D eigenvalue weighted by Crippen LogP contribution is 2.46. The number of hydrogen-bond donors (Lipinski definition) is 2. The van der Waals surface area contributed by atoms with Crippen molar-refractivity contribution in [3.8, 4) is 5.75 Å². The van der Waals surface area contributed by atoms with Crippen LogP contribution in [0.1, 0.15) is 79.4 Å². The third-order valence-corrected chi connectivity index (χ3v) is 8.15. The minimum Gasteiger partial charge on any atom is -0.497 e.